The zero-order chi connectivity index (χ0) is 26.8. The first-order valence-electron chi connectivity index (χ1n) is 11.3. The average molecular weight is 523 g/mol. The van der Waals surface area contributed by atoms with E-state index in [-0.39, 0.29) is 29.5 Å². The van der Waals surface area contributed by atoms with Crippen molar-refractivity contribution >= 4 is 34.0 Å². The number of nitrogens with one attached hydrogen (secondary N) is 2. The third-order valence-electron chi connectivity index (χ3n) is 4.93. The minimum atomic E-state index is -4.03. The van der Waals surface area contributed by atoms with Crippen LogP contribution in [0.15, 0.2) is 89.5 Å². The molecule has 192 valence electrons. The van der Waals surface area contributed by atoms with E-state index in [2.05, 4.69) is 10.6 Å². The topological polar surface area (TPSA) is 128 Å². The summed E-state index contributed by atoms with van der Waals surface area (Å²) in [4.78, 5) is 37.1. The predicted octanol–water partition coefficient (Wildman–Crippen LogP) is 3.21. The molecular weight excluding hydrogens is 496 g/mol. The molecule has 0 aliphatic carbocycles. The summed E-state index contributed by atoms with van der Waals surface area (Å²) in [6.45, 7) is 3.27. The summed E-state index contributed by atoms with van der Waals surface area (Å²) in [6, 6.07) is 20.4. The van der Waals surface area contributed by atoms with Crippen molar-refractivity contribution in [2.75, 3.05) is 13.2 Å². The number of carbonyl (C=O) groups is 3. The molecule has 9 nitrogen and oxygen atoms in total. The number of ether oxygens (including phenoxy) is 1. The SMILES string of the molecule is CCOC(=O)CNC(=O)/C(=C\c1ccc(OS(=O)(=O)c2ccc(C)cc2)cc1)NC(=O)c1ccccc1. The van der Waals surface area contributed by atoms with Gasteiger partial charge < -0.3 is 19.6 Å². The van der Waals surface area contributed by atoms with Crippen LogP contribution in [0.25, 0.3) is 6.08 Å². The molecule has 0 saturated carbocycles. The van der Waals surface area contributed by atoms with E-state index in [0.717, 1.165) is 5.56 Å². The Labute approximate surface area is 215 Å². The van der Waals surface area contributed by atoms with Crippen molar-refractivity contribution in [2.24, 2.45) is 0 Å². The van der Waals surface area contributed by atoms with Crippen molar-refractivity contribution < 1.29 is 31.7 Å². The zero-order valence-electron chi connectivity index (χ0n) is 20.3. The summed E-state index contributed by atoms with van der Waals surface area (Å²) < 4.78 is 35.0. The van der Waals surface area contributed by atoms with Gasteiger partial charge in [-0.1, -0.05) is 48.0 Å². The number of aryl methyl sites for hydroxylation is 1. The van der Waals surface area contributed by atoms with Crippen molar-refractivity contribution in [1.82, 2.24) is 10.6 Å². The molecule has 0 bridgehead atoms. The maximum Gasteiger partial charge on any atom is 0.339 e. The van der Waals surface area contributed by atoms with Crippen molar-refractivity contribution in [3.8, 4) is 5.75 Å². The fraction of sp³-hybridized carbons (Fsp3) is 0.148. The Balaban J connectivity index is 1.80. The highest BCUT2D eigenvalue weighted by Crippen LogP contribution is 2.20. The van der Waals surface area contributed by atoms with Gasteiger partial charge in [-0.2, -0.15) is 8.42 Å². The Bertz CT molecular complexity index is 1380. The van der Waals surface area contributed by atoms with Crippen LogP contribution in [-0.4, -0.2) is 39.4 Å². The van der Waals surface area contributed by atoms with Crippen LogP contribution in [-0.2, 0) is 24.4 Å². The number of hydrogen-bond donors (Lipinski definition) is 2. The van der Waals surface area contributed by atoms with E-state index in [9.17, 15) is 22.8 Å². The summed E-state index contributed by atoms with van der Waals surface area (Å²) in [5, 5.41) is 4.96. The Morgan fingerprint density at radius 3 is 2.16 bits per heavy atom. The third kappa shape index (κ3) is 8.04. The number of benzene rings is 3. The molecule has 0 aromatic heterocycles. The minimum Gasteiger partial charge on any atom is -0.465 e. The maximum absolute atomic E-state index is 12.8. The first-order chi connectivity index (χ1) is 17.7. The minimum absolute atomic E-state index is 0.0197. The van der Waals surface area contributed by atoms with Gasteiger partial charge >= 0.3 is 16.1 Å². The summed E-state index contributed by atoms with van der Waals surface area (Å²) in [7, 11) is -4.03. The van der Waals surface area contributed by atoms with E-state index in [0.29, 0.717) is 11.1 Å². The van der Waals surface area contributed by atoms with Crippen LogP contribution in [0.5, 0.6) is 5.75 Å². The van der Waals surface area contributed by atoms with E-state index >= 15 is 0 Å². The number of esters is 1. The lowest BCUT2D eigenvalue weighted by Crippen LogP contribution is -2.37. The molecule has 0 fully saturated rings. The number of rotatable bonds is 10. The first kappa shape index (κ1) is 27.2. The number of hydrogen-bond acceptors (Lipinski definition) is 7. The van der Waals surface area contributed by atoms with E-state index in [1.807, 2.05) is 6.92 Å². The third-order valence-corrected chi connectivity index (χ3v) is 6.20. The van der Waals surface area contributed by atoms with Gasteiger partial charge in [0.15, 0.2) is 0 Å². The van der Waals surface area contributed by atoms with Gasteiger partial charge in [0.2, 0.25) is 0 Å². The molecule has 3 aromatic carbocycles. The smallest absolute Gasteiger partial charge is 0.339 e. The molecule has 0 radical (unpaired) electrons. The molecular formula is C27H26N2O7S. The number of amides is 2. The first-order valence-corrected chi connectivity index (χ1v) is 12.7. The molecule has 0 unspecified atom stereocenters. The van der Waals surface area contributed by atoms with Crippen LogP contribution in [0.3, 0.4) is 0 Å². The van der Waals surface area contributed by atoms with E-state index in [1.54, 1.807) is 49.4 Å². The Hall–Kier alpha value is -4.44. The van der Waals surface area contributed by atoms with E-state index in [4.69, 9.17) is 8.92 Å². The van der Waals surface area contributed by atoms with Crippen molar-refractivity contribution in [3.05, 3.63) is 101 Å². The predicted molar refractivity (Wildman–Crippen MR) is 137 cm³/mol. The van der Waals surface area contributed by atoms with Crippen molar-refractivity contribution in [2.45, 2.75) is 18.7 Å². The van der Waals surface area contributed by atoms with Gasteiger partial charge in [-0.05, 0) is 61.9 Å². The van der Waals surface area contributed by atoms with Crippen LogP contribution in [0.4, 0.5) is 0 Å². The van der Waals surface area contributed by atoms with Gasteiger partial charge in [-0.25, -0.2) is 0 Å². The van der Waals surface area contributed by atoms with Crippen LogP contribution < -0.4 is 14.8 Å². The van der Waals surface area contributed by atoms with Gasteiger partial charge in [-0.15, -0.1) is 0 Å². The summed E-state index contributed by atoms with van der Waals surface area (Å²) in [5.41, 5.74) is 1.59. The molecule has 2 amide bonds. The van der Waals surface area contributed by atoms with Crippen LogP contribution in [0.1, 0.15) is 28.4 Å². The standard InChI is InChI=1S/C27H26N2O7S/c1-3-35-25(30)18-28-27(32)24(29-26(31)21-7-5-4-6-8-21)17-20-11-13-22(14-12-20)36-37(33,34)23-15-9-19(2)10-16-23/h4-17H,3,18H2,1-2H3,(H,28,32)(H,29,31)/b24-17+. The highest BCUT2D eigenvalue weighted by molar-refractivity contribution is 7.87. The summed E-state index contributed by atoms with van der Waals surface area (Å²) in [6.07, 6.45) is 1.39. The second-order valence-electron chi connectivity index (χ2n) is 7.79. The monoisotopic (exact) mass is 522 g/mol. The van der Waals surface area contributed by atoms with Gasteiger partial charge in [0.25, 0.3) is 11.8 Å². The molecule has 2 N–H and O–H groups in total. The van der Waals surface area contributed by atoms with Crippen LogP contribution in [0.2, 0.25) is 0 Å². The van der Waals surface area contributed by atoms with E-state index < -0.39 is 27.9 Å². The number of carbonyl (C=O) groups excluding carboxylic acids is 3. The largest absolute Gasteiger partial charge is 0.465 e. The van der Waals surface area contributed by atoms with Gasteiger partial charge in [-0.3, -0.25) is 14.4 Å². The fourth-order valence-corrected chi connectivity index (χ4v) is 4.00. The fourth-order valence-electron chi connectivity index (χ4n) is 3.07. The molecule has 0 saturated heterocycles. The maximum atomic E-state index is 12.8. The lowest BCUT2D eigenvalue weighted by molar-refractivity contribution is -0.143. The van der Waals surface area contributed by atoms with Crippen molar-refractivity contribution in [1.29, 1.82) is 0 Å². The average Bonchev–Trinajstić information content (AvgIpc) is 2.88. The molecule has 0 spiro atoms. The highest BCUT2D eigenvalue weighted by Gasteiger charge is 2.18. The quantitative estimate of drug-likeness (QED) is 0.238. The van der Waals surface area contributed by atoms with Gasteiger partial charge in [0, 0.05) is 5.56 Å². The molecule has 0 atom stereocenters. The Morgan fingerprint density at radius 2 is 1.54 bits per heavy atom. The van der Waals surface area contributed by atoms with Gasteiger partial charge in [0.05, 0.1) is 6.61 Å². The second-order valence-corrected chi connectivity index (χ2v) is 9.33. The summed E-state index contributed by atoms with van der Waals surface area (Å²) >= 11 is 0. The summed E-state index contributed by atoms with van der Waals surface area (Å²) in [5.74, 6) is -1.79. The van der Waals surface area contributed by atoms with Gasteiger partial charge in [0.1, 0.15) is 22.9 Å². The molecule has 0 aliphatic rings. The molecule has 10 heteroatoms. The lowest BCUT2D eigenvalue weighted by Gasteiger charge is -2.11. The van der Waals surface area contributed by atoms with Crippen LogP contribution in [0, 0.1) is 6.92 Å². The lowest BCUT2D eigenvalue weighted by atomic mass is 10.1. The van der Waals surface area contributed by atoms with Crippen molar-refractivity contribution in [3.63, 3.8) is 0 Å². The molecule has 0 aliphatic heterocycles. The second kappa shape index (κ2) is 12.5. The van der Waals surface area contributed by atoms with E-state index in [1.165, 1.54) is 42.5 Å². The molecule has 3 rings (SSSR count). The highest BCUT2D eigenvalue weighted by atomic mass is 32.2. The Morgan fingerprint density at radius 1 is 0.892 bits per heavy atom. The van der Waals surface area contributed by atoms with Crippen LogP contribution >= 0.6 is 0 Å². The Kier molecular flexibility index (Phi) is 9.17. The zero-order valence-corrected chi connectivity index (χ0v) is 21.1. The molecule has 0 heterocycles. The molecule has 3 aromatic rings. The molecule has 37 heavy (non-hydrogen) atoms. The normalized spacial score (nSPS) is 11.4.